The molecule has 5 heteroatoms. The van der Waals surface area contributed by atoms with Crippen LogP contribution in [-0.2, 0) is 9.53 Å². The van der Waals surface area contributed by atoms with Gasteiger partial charge in [0.15, 0.2) is 0 Å². The van der Waals surface area contributed by atoms with E-state index in [4.69, 9.17) is 10.00 Å². The van der Waals surface area contributed by atoms with Gasteiger partial charge >= 0.3 is 5.97 Å². The first-order chi connectivity index (χ1) is 9.22. The molecule has 1 aliphatic heterocycles. The number of nitrogens with zero attached hydrogens (tertiary/aromatic N) is 3. The molecular formula is C14H17N3O2. The Labute approximate surface area is 112 Å². The quantitative estimate of drug-likeness (QED) is 0.773. The third kappa shape index (κ3) is 3.44. The number of hydrogen-bond acceptors (Lipinski definition) is 5. The van der Waals surface area contributed by atoms with Crippen LogP contribution in [0.2, 0.25) is 0 Å². The van der Waals surface area contributed by atoms with Crippen molar-refractivity contribution in [3.8, 4) is 6.07 Å². The van der Waals surface area contributed by atoms with Crippen LogP contribution in [0.3, 0.4) is 0 Å². The Morgan fingerprint density at radius 3 is 2.79 bits per heavy atom. The lowest BCUT2D eigenvalue weighted by Gasteiger charge is -2.32. The largest absolute Gasteiger partial charge is 0.469 e. The van der Waals surface area contributed by atoms with Crippen molar-refractivity contribution in [2.45, 2.75) is 19.3 Å². The summed E-state index contributed by atoms with van der Waals surface area (Å²) in [5.41, 5.74) is 0.573. The summed E-state index contributed by atoms with van der Waals surface area (Å²) < 4.78 is 4.69. The maximum atomic E-state index is 11.2. The van der Waals surface area contributed by atoms with Gasteiger partial charge in [-0.2, -0.15) is 5.26 Å². The number of esters is 1. The first-order valence-corrected chi connectivity index (χ1v) is 6.41. The lowest BCUT2D eigenvalue weighted by molar-refractivity contribution is -0.141. The van der Waals surface area contributed by atoms with Crippen molar-refractivity contribution in [3.63, 3.8) is 0 Å². The topological polar surface area (TPSA) is 66.2 Å². The Kier molecular flexibility index (Phi) is 4.35. The summed E-state index contributed by atoms with van der Waals surface area (Å²) in [7, 11) is 1.43. The Hall–Kier alpha value is -2.09. The van der Waals surface area contributed by atoms with Crippen LogP contribution in [0.4, 0.5) is 5.82 Å². The first-order valence-electron chi connectivity index (χ1n) is 6.41. The molecule has 1 aromatic rings. The summed E-state index contributed by atoms with van der Waals surface area (Å²) >= 11 is 0. The fourth-order valence-corrected chi connectivity index (χ4v) is 2.32. The second-order valence-electron chi connectivity index (χ2n) is 4.73. The van der Waals surface area contributed by atoms with Crippen LogP contribution in [0.15, 0.2) is 18.3 Å². The molecule has 100 valence electrons. The number of rotatable bonds is 3. The zero-order valence-electron chi connectivity index (χ0n) is 11.0. The highest BCUT2D eigenvalue weighted by atomic mass is 16.5. The fraction of sp³-hybridized carbons (Fsp3) is 0.500. The monoisotopic (exact) mass is 259 g/mol. The molecule has 0 spiro atoms. The molecule has 0 N–H and O–H groups in total. The van der Waals surface area contributed by atoms with Crippen molar-refractivity contribution in [2.75, 3.05) is 25.1 Å². The predicted molar refractivity (Wildman–Crippen MR) is 70.5 cm³/mol. The summed E-state index contributed by atoms with van der Waals surface area (Å²) in [4.78, 5) is 17.7. The summed E-state index contributed by atoms with van der Waals surface area (Å²) in [6.07, 6.45) is 4.04. The first kappa shape index (κ1) is 13.3. The molecule has 0 radical (unpaired) electrons. The average molecular weight is 259 g/mol. The maximum Gasteiger partial charge on any atom is 0.305 e. The SMILES string of the molecule is COC(=O)CC1CCN(c2ccc(C#N)cn2)CC1. The van der Waals surface area contributed by atoms with E-state index in [0.29, 0.717) is 17.9 Å². The van der Waals surface area contributed by atoms with Crippen LogP contribution in [0.1, 0.15) is 24.8 Å². The lowest BCUT2D eigenvalue weighted by Crippen LogP contribution is -2.34. The molecule has 0 saturated carbocycles. The number of ether oxygens (including phenoxy) is 1. The third-order valence-corrected chi connectivity index (χ3v) is 3.50. The highest BCUT2D eigenvalue weighted by Gasteiger charge is 2.22. The standard InChI is InChI=1S/C14H17N3O2/c1-19-14(18)8-11-4-6-17(7-5-11)13-3-2-12(9-15)10-16-13/h2-3,10-11H,4-8H2,1H3. The average Bonchev–Trinajstić information content (AvgIpc) is 2.48. The molecule has 1 saturated heterocycles. The van der Waals surface area contributed by atoms with Gasteiger partial charge in [-0.25, -0.2) is 4.98 Å². The Morgan fingerprint density at radius 1 is 1.53 bits per heavy atom. The highest BCUT2D eigenvalue weighted by Crippen LogP contribution is 2.24. The number of carbonyl (C=O) groups is 1. The van der Waals surface area contributed by atoms with Crippen LogP contribution < -0.4 is 4.90 Å². The second-order valence-corrected chi connectivity index (χ2v) is 4.73. The molecule has 0 atom stereocenters. The molecule has 19 heavy (non-hydrogen) atoms. The third-order valence-electron chi connectivity index (χ3n) is 3.50. The summed E-state index contributed by atoms with van der Waals surface area (Å²) in [5, 5.41) is 8.73. The van der Waals surface area contributed by atoms with Gasteiger partial charge in [0.25, 0.3) is 0 Å². The van der Waals surface area contributed by atoms with Gasteiger partial charge in [-0.15, -0.1) is 0 Å². The Balaban J connectivity index is 1.89. The lowest BCUT2D eigenvalue weighted by atomic mass is 9.93. The zero-order chi connectivity index (χ0) is 13.7. The van der Waals surface area contributed by atoms with Crippen molar-refractivity contribution in [1.29, 1.82) is 5.26 Å². The van der Waals surface area contributed by atoms with Crippen molar-refractivity contribution < 1.29 is 9.53 Å². The zero-order valence-corrected chi connectivity index (χ0v) is 11.0. The maximum absolute atomic E-state index is 11.2. The predicted octanol–water partition coefficient (Wildman–Crippen LogP) is 1.73. The van der Waals surface area contributed by atoms with Gasteiger partial charge in [0.2, 0.25) is 0 Å². The van der Waals surface area contributed by atoms with Gasteiger partial charge in [0.1, 0.15) is 11.9 Å². The van der Waals surface area contributed by atoms with Crippen LogP contribution >= 0.6 is 0 Å². The number of piperidine rings is 1. The van der Waals surface area contributed by atoms with Crippen molar-refractivity contribution in [1.82, 2.24) is 4.98 Å². The minimum Gasteiger partial charge on any atom is -0.469 e. The van der Waals surface area contributed by atoms with Crippen molar-refractivity contribution in [3.05, 3.63) is 23.9 Å². The molecule has 1 aliphatic rings. The summed E-state index contributed by atoms with van der Waals surface area (Å²) in [6.45, 7) is 1.78. The van der Waals surface area contributed by atoms with Gasteiger partial charge in [-0.3, -0.25) is 4.79 Å². The number of anilines is 1. The number of carbonyl (C=O) groups excluding carboxylic acids is 1. The smallest absolute Gasteiger partial charge is 0.305 e. The number of nitriles is 1. The molecule has 2 heterocycles. The molecule has 0 bridgehead atoms. The van der Waals surface area contributed by atoms with Crippen LogP contribution in [-0.4, -0.2) is 31.2 Å². The molecule has 0 amide bonds. The Morgan fingerprint density at radius 2 is 2.26 bits per heavy atom. The van der Waals surface area contributed by atoms with Gasteiger partial charge < -0.3 is 9.64 Å². The van der Waals surface area contributed by atoms with E-state index in [1.165, 1.54) is 7.11 Å². The number of aromatic nitrogens is 1. The van der Waals surface area contributed by atoms with E-state index in [0.717, 1.165) is 31.7 Å². The number of methoxy groups -OCH3 is 1. The van der Waals surface area contributed by atoms with E-state index >= 15 is 0 Å². The molecule has 1 aromatic heterocycles. The Bertz CT molecular complexity index is 470. The minimum absolute atomic E-state index is 0.130. The number of pyridine rings is 1. The summed E-state index contributed by atoms with van der Waals surface area (Å²) in [5.74, 6) is 1.17. The van der Waals surface area contributed by atoms with E-state index < -0.39 is 0 Å². The van der Waals surface area contributed by atoms with E-state index in [9.17, 15) is 4.79 Å². The van der Waals surface area contributed by atoms with E-state index in [1.807, 2.05) is 6.07 Å². The van der Waals surface area contributed by atoms with Crippen molar-refractivity contribution in [2.24, 2.45) is 5.92 Å². The van der Waals surface area contributed by atoms with E-state index in [-0.39, 0.29) is 5.97 Å². The van der Waals surface area contributed by atoms with Gasteiger partial charge in [0, 0.05) is 25.7 Å². The molecule has 1 fully saturated rings. The van der Waals surface area contributed by atoms with Gasteiger partial charge in [0.05, 0.1) is 12.7 Å². The molecule has 0 unspecified atom stereocenters. The fourth-order valence-electron chi connectivity index (χ4n) is 2.32. The van der Waals surface area contributed by atoms with Crippen LogP contribution in [0, 0.1) is 17.2 Å². The molecule has 2 rings (SSSR count). The van der Waals surface area contributed by atoms with Gasteiger partial charge in [-0.05, 0) is 30.9 Å². The molecular weight excluding hydrogens is 242 g/mol. The van der Waals surface area contributed by atoms with Gasteiger partial charge in [-0.1, -0.05) is 0 Å². The van der Waals surface area contributed by atoms with Crippen molar-refractivity contribution >= 4 is 11.8 Å². The molecule has 5 nitrogen and oxygen atoms in total. The van der Waals surface area contributed by atoms with E-state index in [2.05, 4.69) is 16.0 Å². The molecule has 0 aliphatic carbocycles. The summed E-state index contributed by atoms with van der Waals surface area (Å²) in [6, 6.07) is 5.71. The minimum atomic E-state index is -0.130. The van der Waals surface area contributed by atoms with Crippen LogP contribution in [0.25, 0.3) is 0 Å². The highest BCUT2D eigenvalue weighted by molar-refractivity contribution is 5.69. The number of hydrogen-bond donors (Lipinski definition) is 0. The normalized spacial score (nSPS) is 15.9. The van der Waals surface area contributed by atoms with Crippen LogP contribution in [0.5, 0.6) is 0 Å². The second kappa shape index (κ2) is 6.19. The molecule has 0 aromatic carbocycles. The van der Waals surface area contributed by atoms with E-state index in [1.54, 1.807) is 12.3 Å².